The quantitative estimate of drug-likeness (QED) is 0.800. The van der Waals surface area contributed by atoms with Crippen LogP contribution in [0.3, 0.4) is 0 Å². The van der Waals surface area contributed by atoms with Crippen molar-refractivity contribution in [1.82, 2.24) is 24.6 Å². The summed E-state index contributed by atoms with van der Waals surface area (Å²) in [5.41, 5.74) is 1.62. The number of carbonyl (C=O) groups excluding carboxylic acids is 1. The summed E-state index contributed by atoms with van der Waals surface area (Å²) in [6, 6.07) is 5.45. The van der Waals surface area contributed by atoms with Gasteiger partial charge in [-0.05, 0) is 19.1 Å². The molecule has 1 N–H and O–H groups in total. The van der Waals surface area contributed by atoms with Crippen molar-refractivity contribution in [3.63, 3.8) is 0 Å². The molecule has 0 aromatic carbocycles. The molecule has 3 aromatic heterocycles. The van der Waals surface area contributed by atoms with Crippen LogP contribution in [0.2, 0.25) is 0 Å². The normalized spacial score (nSPS) is 10.6. The van der Waals surface area contributed by atoms with Crippen LogP contribution in [0.25, 0.3) is 11.3 Å². The minimum atomic E-state index is -0.198. The van der Waals surface area contributed by atoms with E-state index in [0.717, 1.165) is 27.1 Å². The van der Waals surface area contributed by atoms with Crippen LogP contribution < -0.4 is 5.32 Å². The van der Waals surface area contributed by atoms with Crippen molar-refractivity contribution in [3.05, 3.63) is 41.7 Å². The molecule has 0 aliphatic rings. The average molecular weight is 328 g/mol. The molecule has 0 saturated heterocycles. The number of aryl methyl sites for hydroxylation is 1. The predicted molar refractivity (Wildman–Crippen MR) is 90.1 cm³/mol. The van der Waals surface area contributed by atoms with Crippen molar-refractivity contribution < 1.29 is 4.79 Å². The molecule has 3 heterocycles. The molecule has 0 atom stereocenters. The summed E-state index contributed by atoms with van der Waals surface area (Å²) in [6.45, 7) is 1.99. The average Bonchev–Trinajstić information content (AvgIpc) is 3.14. The summed E-state index contributed by atoms with van der Waals surface area (Å²) in [4.78, 5) is 23.2. The highest BCUT2D eigenvalue weighted by Gasteiger charge is 2.15. The molecule has 0 aliphatic carbocycles. The lowest BCUT2D eigenvalue weighted by molar-refractivity contribution is 0.216. The Labute approximate surface area is 137 Å². The second-order valence-electron chi connectivity index (χ2n) is 5.11. The number of hydrogen-bond acceptors (Lipinski definition) is 6. The van der Waals surface area contributed by atoms with E-state index in [-0.39, 0.29) is 6.03 Å². The first kappa shape index (κ1) is 15.2. The van der Waals surface area contributed by atoms with E-state index in [1.807, 2.05) is 25.1 Å². The SMILES string of the molecule is Cc1sc(Nc2ccccn2)nc1-c1cnn(C(=O)N(C)C)c1. The summed E-state index contributed by atoms with van der Waals surface area (Å²) in [5, 5.41) is 8.03. The third kappa shape index (κ3) is 3.21. The molecule has 118 valence electrons. The van der Waals surface area contributed by atoms with Crippen molar-refractivity contribution in [1.29, 1.82) is 0 Å². The predicted octanol–water partition coefficient (Wildman–Crippen LogP) is 2.98. The van der Waals surface area contributed by atoms with E-state index in [4.69, 9.17) is 0 Å². The molecule has 0 fully saturated rings. The van der Waals surface area contributed by atoms with Gasteiger partial charge in [0.25, 0.3) is 0 Å². The number of nitrogens with one attached hydrogen (secondary N) is 1. The maximum absolute atomic E-state index is 11.9. The van der Waals surface area contributed by atoms with E-state index in [0.29, 0.717) is 0 Å². The number of thiazole rings is 1. The third-order valence-corrected chi connectivity index (χ3v) is 4.02. The number of rotatable bonds is 3. The molecule has 23 heavy (non-hydrogen) atoms. The van der Waals surface area contributed by atoms with E-state index in [1.54, 1.807) is 32.7 Å². The highest BCUT2D eigenvalue weighted by molar-refractivity contribution is 7.16. The first-order valence-electron chi connectivity index (χ1n) is 6.97. The Morgan fingerprint density at radius 2 is 2.17 bits per heavy atom. The molecular formula is C15H16N6OS. The van der Waals surface area contributed by atoms with Crippen LogP contribution in [0, 0.1) is 6.92 Å². The monoisotopic (exact) mass is 328 g/mol. The zero-order valence-electron chi connectivity index (χ0n) is 13.0. The summed E-state index contributed by atoms with van der Waals surface area (Å²) >= 11 is 1.53. The molecule has 3 aromatic rings. The van der Waals surface area contributed by atoms with Crippen molar-refractivity contribution in [2.75, 3.05) is 19.4 Å². The molecule has 0 radical (unpaired) electrons. The summed E-state index contributed by atoms with van der Waals surface area (Å²) in [5.74, 6) is 0.742. The lowest BCUT2D eigenvalue weighted by Crippen LogP contribution is -2.27. The van der Waals surface area contributed by atoms with Gasteiger partial charge >= 0.3 is 6.03 Å². The Bertz CT molecular complexity index is 824. The molecule has 3 rings (SSSR count). The van der Waals surface area contributed by atoms with Gasteiger partial charge in [0.2, 0.25) is 0 Å². The molecule has 0 bridgehead atoms. The minimum absolute atomic E-state index is 0.198. The van der Waals surface area contributed by atoms with Crippen molar-refractivity contribution >= 4 is 28.3 Å². The number of nitrogens with zero attached hydrogens (tertiary/aromatic N) is 5. The minimum Gasteiger partial charge on any atom is -0.329 e. The van der Waals surface area contributed by atoms with Crippen molar-refractivity contribution in [2.24, 2.45) is 0 Å². The van der Waals surface area contributed by atoms with Crippen molar-refractivity contribution in [3.8, 4) is 11.3 Å². The maximum Gasteiger partial charge on any atom is 0.344 e. The first-order chi connectivity index (χ1) is 11.0. The van der Waals surface area contributed by atoms with Crippen LogP contribution in [-0.2, 0) is 0 Å². The fourth-order valence-electron chi connectivity index (χ4n) is 2.02. The Morgan fingerprint density at radius 3 is 2.87 bits per heavy atom. The maximum atomic E-state index is 11.9. The van der Waals surface area contributed by atoms with Gasteiger partial charge in [-0.15, -0.1) is 11.3 Å². The number of carbonyl (C=O) groups is 1. The zero-order valence-corrected chi connectivity index (χ0v) is 13.8. The molecule has 0 aliphatic heterocycles. The summed E-state index contributed by atoms with van der Waals surface area (Å²) in [6.07, 6.45) is 5.06. The Kier molecular flexibility index (Phi) is 4.07. The zero-order chi connectivity index (χ0) is 16.4. The number of anilines is 2. The molecular weight excluding hydrogens is 312 g/mol. The second kappa shape index (κ2) is 6.17. The topological polar surface area (TPSA) is 75.9 Å². The van der Waals surface area contributed by atoms with Gasteiger partial charge in [-0.25, -0.2) is 14.8 Å². The lowest BCUT2D eigenvalue weighted by Gasteiger charge is -2.08. The van der Waals surface area contributed by atoms with Gasteiger partial charge in [-0.2, -0.15) is 9.78 Å². The molecule has 7 nitrogen and oxygen atoms in total. The van der Waals surface area contributed by atoms with Gasteiger partial charge in [0.05, 0.1) is 11.9 Å². The summed E-state index contributed by atoms with van der Waals surface area (Å²) in [7, 11) is 3.37. The van der Waals surface area contributed by atoms with Gasteiger partial charge in [0.15, 0.2) is 5.13 Å². The Morgan fingerprint density at radius 1 is 1.35 bits per heavy atom. The van der Waals surface area contributed by atoms with E-state index in [9.17, 15) is 4.79 Å². The molecule has 0 spiro atoms. The van der Waals surface area contributed by atoms with Gasteiger partial charge in [-0.3, -0.25) is 0 Å². The largest absolute Gasteiger partial charge is 0.344 e. The third-order valence-electron chi connectivity index (χ3n) is 3.13. The van der Waals surface area contributed by atoms with Crippen LogP contribution in [0.15, 0.2) is 36.8 Å². The van der Waals surface area contributed by atoms with Crippen LogP contribution in [0.4, 0.5) is 15.7 Å². The number of pyridine rings is 1. The highest BCUT2D eigenvalue weighted by atomic mass is 32.1. The molecule has 1 amide bonds. The summed E-state index contributed by atoms with van der Waals surface area (Å²) < 4.78 is 1.31. The lowest BCUT2D eigenvalue weighted by atomic mass is 10.2. The Balaban J connectivity index is 1.85. The Hall–Kier alpha value is -2.74. The first-order valence-corrected chi connectivity index (χ1v) is 7.78. The standard InChI is InChI=1S/C15H16N6OS/c1-10-13(11-8-17-21(9-11)15(22)20(2)3)19-14(23-10)18-12-6-4-5-7-16-12/h4-9H,1-3H3,(H,16,18,19). The molecule has 0 unspecified atom stereocenters. The van der Waals surface area contributed by atoms with E-state index >= 15 is 0 Å². The van der Waals surface area contributed by atoms with Crippen molar-refractivity contribution in [2.45, 2.75) is 6.92 Å². The fraction of sp³-hybridized carbons (Fsp3) is 0.200. The van der Waals surface area contributed by atoms with Crippen LogP contribution in [0.5, 0.6) is 0 Å². The van der Waals surface area contributed by atoms with Gasteiger partial charge in [0.1, 0.15) is 5.82 Å². The van der Waals surface area contributed by atoms with E-state index < -0.39 is 0 Å². The van der Waals surface area contributed by atoms with Gasteiger partial charge in [-0.1, -0.05) is 6.07 Å². The van der Waals surface area contributed by atoms with E-state index in [1.165, 1.54) is 20.9 Å². The number of hydrogen-bond donors (Lipinski definition) is 1. The van der Waals surface area contributed by atoms with Gasteiger partial charge in [0, 0.05) is 36.9 Å². The van der Waals surface area contributed by atoms with Crippen LogP contribution in [-0.4, -0.2) is 44.8 Å². The molecule has 8 heteroatoms. The second-order valence-corrected chi connectivity index (χ2v) is 6.32. The highest BCUT2D eigenvalue weighted by Crippen LogP contribution is 2.31. The number of aromatic nitrogens is 4. The molecule has 0 saturated carbocycles. The van der Waals surface area contributed by atoms with Crippen LogP contribution in [0.1, 0.15) is 4.88 Å². The smallest absolute Gasteiger partial charge is 0.329 e. The van der Waals surface area contributed by atoms with E-state index in [2.05, 4.69) is 20.4 Å². The number of amides is 1. The van der Waals surface area contributed by atoms with Gasteiger partial charge < -0.3 is 10.2 Å². The fourth-order valence-corrected chi connectivity index (χ4v) is 2.86. The van der Waals surface area contributed by atoms with Crippen LogP contribution >= 0.6 is 11.3 Å².